The first kappa shape index (κ1) is 12.4. The van der Waals surface area contributed by atoms with Gasteiger partial charge in [-0.2, -0.15) is 18.4 Å². The number of benzene rings is 1. The van der Waals surface area contributed by atoms with Crippen LogP contribution in [0.4, 0.5) is 13.2 Å². The highest BCUT2D eigenvalue weighted by Crippen LogP contribution is 2.25. The van der Waals surface area contributed by atoms with Crippen LogP contribution in [0.2, 0.25) is 0 Å². The van der Waals surface area contributed by atoms with Crippen LogP contribution in [0, 0.1) is 17.2 Å². The molecule has 1 rings (SSSR count). The van der Waals surface area contributed by atoms with Crippen LogP contribution in [0.1, 0.15) is 6.42 Å². The summed E-state index contributed by atoms with van der Waals surface area (Å²) in [6.45, 7) is -0.250. The van der Waals surface area contributed by atoms with E-state index in [0.29, 0.717) is 5.75 Å². The van der Waals surface area contributed by atoms with E-state index >= 15 is 0 Å². The van der Waals surface area contributed by atoms with Crippen molar-refractivity contribution in [3.05, 3.63) is 30.3 Å². The van der Waals surface area contributed by atoms with Crippen LogP contribution >= 0.6 is 0 Å². The fourth-order valence-corrected chi connectivity index (χ4v) is 1.13. The second-order valence-corrected chi connectivity index (χ2v) is 3.27. The van der Waals surface area contributed by atoms with Crippen molar-refractivity contribution in [1.29, 1.82) is 5.26 Å². The van der Waals surface area contributed by atoms with E-state index in [4.69, 9.17) is 10.00 Å². The minimum absolute atomic E-state index is 0.250. The number of ether oxygens (including phenoxy) is 1. The number of nitriles is 1. The lowest BCUT2D eigenvalue weighted by atomic mass is 10.1. The number of halogens is 3. The average molecular weight is 229 g/mol. The molecule has 0 spiro atoms. The number of rotatable bonds is 4. The van der Waals surface area contributed by atoms with Crippen LogP contribution in [0.5, 0.6) is 5.75 Å². The van der Waals surface area contributed by atoms with Crippen LogP contribution in [-0.2, 0) is 0 Å². The minimum Gasteiger partial charge on any atom is -0.492 e. The molecule has 0 amide bonds. The summed E-state index contributed by atoms with van der Waals surface area (Å²) in [5.41, 5.74) is 0. The number of alkyl halides is 3. The van der Waals surface area contributed by atoms with Crippen molar-refractivity contribution >= 4 is 0 Å². The highest BCUT2D eigenvalue weighted by molar-refractivity contribution is 5.21. The van der Waals surface area contributed by atoms with Gasteiger partial charge in [0.2, 0.25) is 0 Å². The van der Waals surface area contributed by atoms with E-state index in [9.17, 15) is 13.2 Å². The molecule has 86 valence electrons. The Balaban J connectivity index is 2.44. The van der Waals surface area contributed by atoms with Crippen LogP contribution in [-0.4, -0.2) is 12.8 Å². The highest BCUT2D eigenvalue weighted by Gasteiger charge is 2.32. The SMILES string of the molecule is N#C[C@@H](COc1ccccc1)CC(F)(F)F. The van der Waals surface area contributed by atoms with Gasteiger partial charge < -0.3 is 4.74 Å². The Morgan fingerprint density at radius 2 is 1.88 bits per heavy atom. The van der Waals surface area contributed by atoms with E-state index in [-0.39, 0.29) is 6.61 Å². The molecule has 0 heterocycles. The van der Waals surface area contributed by atoms with Crippen LogP contribution in [0.3, 0.4) is 0 Å². The van der Waals surface area contributed by atoms with Crippen molar-refractivity contribution in [2.45, 2.75) is 12.6 Å². The molecule has 0 unspecified atom stereocenters. The van der Waals surface area contributed by atoms with Crippen molar-refractivity contribution in [1.82, 2.24) is 0 Å². The maximum Gasteiger partial charge on any atom is 0.390 e. The summed E-state index contributed by atoms with van der Waals surface area (Å²) in [4.78, 5) is 0. The minimum atomic E-state index is -4.33. The molecule has 0 N–H and O–H groups in total. The van der Waals surface area contributed by atoms with Gasteiger partial charge in [0.15, 0.2) is 0 Å². The zero-order valence-electron chi connectivity index (χ0n) is 8.37. The molecule has 0 bridgehead atoms. The molecule has 16 heavy (non-hydrogen) atoms. The summed E-state index contributed by atoms with van der Waals surface area (Å²) in [7, 11) is 0. The van der Waals surface area contributed by atoms with Crippen LogP contribution in [0.25, 0.3) is 0 Å². The van der Waals surface area contributed by atoms with E-state index in [1.165, 1.54) is 0 Å². The number of hydrogen-bond donors (Lipinski definition) is 0. The van der Waals surface area contributed by atoms with E-state index in [1.54, 1.807) is 36.4 Å². The van der Waals surface area contributed by atoms with Gasteiger partial charge in [-0.3, -0.25) is 0 Å². The fourth-order valence-electron chi connectivity index (χ4n) is 1.13. The first-order valence-electron chi connectivity index (χ1n) is 4.65. The van der Waals surface area contributed by atoms with Gasteiger partial charge in [0, 0.05) is 0 Å². The summed E-state index contributed by atoms with van der Waals surface area (Å²) in [6.07, 6.45) is -5.48. The van der Waals surface area contributed by atoms with Gasteiger partial charge >= 0.3 is 6.18 Å². The van der Waals surface area contributed by atoms with Crippen molar-refractivity contribution in [2.24, 2.45) is 5.92 Å². The predicted octanol–water partition coefficient (Wildman–Crippen LogP) is 3.16. The van der Waals surface area contributed by atoms with Gasteiger partial charge in [0.05, 0.1) is 18.4 Å². The van der Waals surface area contributed by atoms with Crippen LogP contribution < -0.4 is 4.74 Å². The maximum absolute atomic E-state index is 12.0. The number of hydrogen-bond acceptors (Lipinski definition) is 2. The van der Waals surface area contributed by atoms with E-state index in [0.717, 1.165) is 0 Å². The molecule has 0 aliphatic carbocycles. The Kier molecular flexibility index (Phi) is 4.18. The van der Waals surface area contributed by atoms with E-state index in [1.807, 2.05) is 0 Å². The molecular weight excluding hydrogens is 219 g/mol. The van der Waals surface area contributed by atoms with Gasteiger partial charge in [-0.25, -0.2) is 0 Å². The Hall–Kier alpha value is -1.70. The largest absolute Gasteiger partial charge is 0.492 e. The second-order valence-electron chi connectivity index (χ2n) is 3.27. The molecule has 1 atom stereocenters. The first-order valence-corrected chi connectivity index (χ1v) is 4.65. The Bertz CT molecular complexity index is 356. The molecule has 0 aliphatic heterocycles. The van der Waals surface area contributed by atoms with Gasteiger partial charge in [-0.1, -0.05) is 18.2 Å². The molecule has 1 aromatic carbocycles. The van der Waals surface area contributed by atoms with Crippen molar-refractivity contribution < 1.29 is 17.9 Å². The lowest BCUT2D eigenvalue weighted by molar-refractivity contribution is -0.142. The maximum atomic E-state index is 12.0. The van der Waals surface area contributed by atoms with Gasteiger partial charge in [0.25, 0.3) is 0 Å². The molecule has 0 saturated carbocycles. The Morgan fingerprint density at radius 3 is 2.38 bits per heavy atom. The number of para-hydroxylation sites is 1. The average Bonchev–Trinajstić information content (AvgIpc) is 2.24. The topological polar surface area (TPSA) is 33.0 Å². The van der Waals surface area contributed by atoms with Crippen molar-refractivity contribution in [3.8, 4) is 11.8 Å². The summed E-state index contributed by atoms with van der Waals surface area (Å²) >= 11 is 0. The Morgan fingerprint density at radius 1 is 1.25 bits per heavy atom. The molecular formula is C11H10F3NO. The lowest BCUT2D eigenvalue weighted by Gasteiger charge is -2.12. The van der Waals surface area contributed by atoms with E-state index < -0.39 is 18.5 Å². The zero-order valence-corrected chi connectivity index (χ0v) is 8.37. The molecule has 1 aromatic rings. The van der Waals surface area contributed by atoms with Crippen molar-refractivity contribution in [2.75, 3.05) is 6.61 Å². The summed E-state index contributed by atoms with van der Waals surface area (Å²) < 4.78 is 41.1. The normalized spacial score (nSPS) is 12.9. The first-order chi connectivity index (χ1) is 7.51. The summed E-state index contributed by atoms with van der Waals surface area (Å²) in [5.74, 6) is -0.704. The molecule has 0 aliphatic rings. The molecule has 2 nitrogen and oxygen atoms in total. The Labute approximate surface area is 91.3 Å². The second kappa shape index (κ2) is 5.40. The molecule has 0 radical (unpaired) electrons. The van der Waals surface area contributed by atoms with Crippen LogP contribution in [0.15, 0.2) is 30.3 Å². The third kappa shape index (κ3) is 4.69. The van der Waals surface area contributed by atoms with E-state index in [2.05, 4.69) is 0 Å². The molecule has 5 heteroatoms. The van der Waals surface area contributed by atoms with Gasteiger partial charge in [0.1, 0.15) is 12.4 Å². The fraction of sp³-hybridized carbons (Fsp3) is 0.364. The van der Waals surface area contributed by atoms with Gasteiger partial charge in [-0.15, -0.1) is 0 Å². The molecule has 0 aromatic heterocycles. The van der Waals surface area contributed by atoms with Crippen molar-refractivity contribution in [3.63, 3.8) is 0 Å². The standard InChI is InChI=1S/C11H10F3NO/c12-11(13,14)6-9(7-15)8-16-10-4-2-1-3-5-10/h1-5,9H,6,8H2/t9-/m0/s1. The zero-order chi connectivity index (χ0) is 12.0. The number of nitrogens with zero attached hydrogens (tertiary/aromatic N) is 1. The third-order valence-electron chi connectivity index (χ3n) is 1.85. The molecule has 0 saturated heterocycles. The third-order valence-corrected chi connectivity index (χ3v) is 1.85. The smallest absolute Gasteiger partial charge is 0.390 e. The monoisotopic (exact) mass is 229 g/mol. The highest BCUT2D eigenvalue weighted by atomic mass is 19.4. The molecule has 0 fully saturated rings. The summed E-state index contributed by atoms with van der Waals surface area (Å²) in [5, 5.41) is 8.54. The van der Waals surface area contributed by atoms with Gasteiger partial charge in [-0.05, 0) is 12.1 Å². The summed E-state index contributed by atoms with van der Waals surface area (Å²) in [6, 6.07) is 10.0. The lowest BCUT2D eigenvalue weighted by Crippen LogP contribution is -2.19. The quantitative estimate of drug-likeness (QED) is 0.794. The predicted molar refractivity (Wildman–Crippen MR) is 51.7 cm³/mol.